The largest absolute Gasteiger partial charge is 0.329 e. The first-order valence-electron chi connectivity index (χ1n) is 6.62. The number of likely N-dealkylation sites (N-methyl/N-ethyl adjacent to an activating group) is 1. The van der Waals surface area contributed by atoms with Gasteiger partial charge in [-0.3, -0.25) is 4.90 Å². The molecular formula is C14H21Br2N3. The Morgan fingerprint density at radius 3 is 2.63 bits per heavy atom. The highest BCUT2D eigenvalue weighted by Gasteiger charge is 2.28. The van der Waals surface area contributed by atoms with Gasteiger partial charge in [-0.1, -0.05) is 6.07 Å². The van der Waals surface area contributed by atoms with Crippen LogP contribution in [0.3, 0.4) is 0 Å². The third kappa shape index (κ3) is 3.58. The van der Waals surface area contributed by atoms with Gasteiger partial charge in [-0.15, -0.1) is 0 Å². The van der Waals surface area contributed by atoms with Gasteiger partial charge in [-0.05, 0) is 63.5 Å². The summed E-state index contributed by atoms with van der Waals surface area (Å²) < 4.78 is 2.17. The van der Waals surface area contributed by atoms with Gasteiger partial charge in [0.05, 0.1) is 0 Å². The smallest absolute Gasteiger partial charge is 0.0474 e. The maximum atomic E-state index is 6.04. The second kappa shape index (κ2) is 6.68. The fraction of sp³-hybridized carbons (Fsp3) is 0.571. The standard InChI is InChI=1S/C14H21Br2N3/c1-10-9-18(2)5-6-19(10)14(8-17)11-3-4-12(15)13(16)7-11/h3-4,7,10,14H,5-6,8-9,17H2,1-2H3. The molecule has 2 rings (SSSR count). The molecular weight excluding hydrogens is 370 g/mol. The van der Waals surface area contributed by atoms with E-state index in [1.165, 1.54) is 5.56 Å². The first kappa shape index (κ1) is 15.4. The SMILES string of the molecule is CC1CN(C)CCN1C(CN)c1ccc(Br)c(Br)c1. The van der Waals surface area contributed by atoms with Crippen molar-refractivity contribution >= 4 is 31.9 Å². The first-order valence-corrected chi connectivity index (χ1v) is 8.21. The molecule has 0 bridgehead atoms. The van der Waals surface area contributed by atoms with Gasteiger partial charge in [-0.2, -0.15) is 0 Å². The summed E-state index contributed by atoms with van der Waals surface area (Å²) in [5.41, 5.74) is 7.32. The Morgan fingerprint density at radius 2 is 2.05 bits per heavy atom. The monoisotopic (exact) mass is 389 g/mol. The zero-order chi connectivity index (χ0) is 14.0. The number of rotatable bonds is 3. The predicted molar refractivity (Wildman–Crippen MR) is 87.3 cm³/mol. The molecule has 2 unspecified atom stereocenters. The Hall–Kier alpha value is 0.0600. The molecule has 0 amide bonds. The molecule has 1 heterocycles. The van der Waals surface area contributed by atoms with Crippen molar-refractivity contribution in [1.82, 2.24) is 9.80 Å². The zero-order valence-corrected chi connectivity index (χ0v) is 14.6. The molecule has 2 atom stereocenters. The van der Waals surface area contributed by atoms with Gasteiger partial charge in [0.1, 0.15) is 0 Å². The maximum absolute atomic E-state index is 6.04. The maximum Gasteiger partial charge on any atom is 0.0474 e. The van der Waals surface area contributed by atoms with Crippen molar-refractivity contribution in [2.75, 3.05) is 33.2 Å². The van der Waals surface area contributed by atoms with E-state index in [9.17, 15) is 0 Å². The van der Waals surface area contributed by atoms with Crippen molar-refractivity contribution in [2.24, 2.45) is 5.73 Å². The number of halogens is 2. The summed E-state index contributed by atoms with van der Waals surface area (Å²) in [4.78, 5) is 4.90. The molecule has 5 heteroatoms. The zero-order valence-electron chi connectivity index (χ0n) is 11.4. The van der Waals surface area contributed by atoms with Crippen LogP contribution in [0.15, 0.2) is 27.1 Å². The summed E-state index contributed by atoms with van der Waals surface area (Å²) in [6.07, 6.45) is 0. The van der Waals surface area contributed by atoms with E-state index in [-0.39, 0.29) is 0 Å². The van der Waals surface area contributed by atoms with Crippen LogP contribution in [-0.4, -0.2) is 49.1 Å². The minimum atomic E-state index is 0.299. The van der Waals surface area contributed by atoms with Crippen molar-refractivity contribution in [1.29, 1.82) is 0 Å². The van der Waals surface area contributed by atoms with Crippen LogP contribution in [0, 0.1) is 0 Å². The molecule has 0 radical (unpaired) electrons. The highest BCUT2D eigenvalue weighted by molar-refractivity contribution is 9.13. The molecule has 0 aliphatic carbocycles. The lowest BCUT2D eigenvalue weighted by Crippen LogP contribution is -2.52. The van der Waals surface area contributed by atoms with Crippen LogP contribution in [0.4, 0.5) is 0 Å². The number of hydrogen-bond acceptors (Lipinski definition) is 3. The van der Waals surface area contributed by atoms with Crippen LogP contribution in [0.25, 0.3) is 0 Å². The van der Waals surface area contributed by atoms with Gasteiger partial charge in [0.25, 0.3) is 0 Å². The topological polar surface area (TPSA) is 32.5 Å². The van der Waals surface area contributed by atoms with Crippen molar-refractivity contribution in [3.05, 3.63) is 32.7 Å². The summed E-state index contributed by atoms with van der Waals surface area (Å²) in [5, 5.41) is 0. The molecule has 0 spiro atoms. The summed E-state index contributed by atoms with van der Waals surface area (Å²) in [5.74, 6) is 0. The molecule has 0 saturated carbocycles. The van der Waals surface area contributed by atoms with Crippen LogP contribution < -0.4 is 5.73 Å². The molecule has 0 aromatic heterocycles. The lowest BCUT2D eigenvalue weighted by atomic mass is 10.0. The van der Waals surface area contributed by atoms with E-state index in [0.29, 0.717) is 18.6 Å². The van der Waals surface area contributed by atoms with Crippen molar-refractivity contribution in [3.63, 3.8) is 0 Å². The number of nitrogens with zero attached hydrogens (tertiary/aromatic N) is 2. The minimum Gasteiger partial charge on any atom is -0.329 e. The Labute approximate surface area is 132 Å². The van der Waals surface area contributed by atoms with E-state index in [2.05, 4.69) is 73.8 Å². The highest BCUT2D eigenvalue weighted by atomic mass is 79.9. The molecule has 1 saturated heterocycles. The Kier molecular flexibility index (Phi) is 5.43. The average Bonchev–Trinajstić information content (AvgIpc) is 2.37. The fourth-order valence-corrected chi connectivity index (χ4v) is 3.44. The summed E-state index contributed by atoms with van der Waals surface area (Å²) in [6, 6.07) is 7.26. The lowest BCUT2D eigenvalue weighted by Gasteiger charge is -2.42. The van der Waals surface area contributed by atoms with Crippen LogP contribution in [-0.2, 0) is 0 Å². The molecule has 3 nitrogen and oxygen atoms in total. The van der Waals surface area contributed by atoms with Crippen molar-refractivity contribution < 1.29 is 0 Å². The minimum absolute atomic E-state index is 0.299. The van der Waals surface area contributed by atoms with E-state index in [1.54, 1.807) is 0 Å². The van der Waals surface area contributed by atoms with E-state index in [0.717, 1.165) is 28.6 Å². The van der Waals surface area contributed by atoms with Crippen LogP contribution in [0.2, 0.25) is 0 Å². The Balaban J connectivity index is 2.21. The van der Waals surface area contributed by atoms with Gasteiger partial charge in [0.2, 0.25) is 0 Å². The van der Waals surface area contributed by atoms with Crippen LogP contribution >= 0.6 is 31.9 Å². The van der Waals surface area contributed by atoms with E-state index in [4.69, 9.17) is 5.73 Å². The fourth-order valence-electron chi connectivity index (χ4n) is 2.80. The number of benzene rings is 1. The molecule has 1 fully saturated rings. The van der Waals surface area contributed by atoms with Gasteiger partial charge in [0.15, 0.2) is 0 Å². The third-order valence-electron chi connectivity index (χ3n) is 3.83. The average molecular weight is 391 g/mol. The number of hydrogen-bond donors (Lipinski definition) is 1. The summed E-state index contributed by atoms with van der Waals surface area (Å²) >= 11 is 7.10. The van der Waals surface area contributed by atoms with E-state index < -0.39 is 0 Å². The van der Waals surface area contributed by atoms with Crippen molar-refractivity contribution in [3.8, 4) is 0 Å². The van der Waals surface area contributed by atoms with Gasteiger partial charge in [-0.25, -0.2) is 0 Å². The Morgan fingerprint density at radius 1 is 1.32 bits per heavy atom. The van der Waals surface area contributed by atoms with Crippen molar-refractivity contribution in [2.45, 2.75) is 19.0 Å². The number of nitrogens with two attached hydrogens (primary N) is 1. The first-order chi connectivity index (χ1) is 9.02. The molecule has 1 aliphatic rings. The predicted octanol–water partition coefficient (Wildman–Crippen LogP) is 2.85. The Bertz CT molecular complexity index is 439. The normalized spacial score (nSPS) is 23.5. The lowest BCUT2D eigenvalue weighted by molar-refractivity contribution is 0.0635. The summed E-state index contributed by atoms with van der Waals surface area (Å²) in [6.45, 7) is 6.23. The van der Waals surface area contributed by atoms with Gasteiger partial charge in [0, 0.05) is 47.2 Å². The quantitative estimate of drug-likeness (QED) is 0.861. The third-order valence-corrected chi connectivity index (χ3v) is 5.71. The number of piperazine rings is 1. The summed E-state index contributed by atoms with van der Waals surface area (Å²) in [7, 11) is 2.18. The van der Waals surface area contributed by atoms with E-state index >= 15 is 0 Å². The molecule has 19 heavy (non-hydrogen) atoms. The molecule has 2 N–H and O–H groups in total. The second-order valence-electron chi connectivity index (χ2n) is 5.27. The second-order valence-corrected chi connectivity index (χ2v) is 6.98. The van der Waals surface area contributed by atoms with E-state index in [1.807, 2.05) is 0 Å². The van der Waals surface area contributed by atoms with Crippen LogP contribution in [0.5, 0.6) is 0 Å². The molecule has 1 aliphatic heterocycles. The molecule has 1 aromatic rings. The highest BCUT2D eigenvalue weighted by Crippen LogP contribution is 2.30. The van der Waals surface area contributed by atoms with Gasteiger partial charge >= 0.3 is 0 Å². The van der Waals surface area contributed by atoms with Crippen LogP contribution in [0.1, 0.15) is 18.5 Å². The molecule has 106 valence electrons. The van der Waals surface area contributed by atoms with Gasteiger partial charge < -0.3 is 10.6 Å². The molecule has 1 aromatic carbocycles.